The maximum absolute atomic E-state index is 12.8. The molecule has 0 bridgehead atoms. The number of hydrogen-bond acceptors (Lipinski definition) is 4. The van der Waals surface area contributed by atoms with Crippen molar-refractivity contribution in [3.8, 4) is 0 Å². The number of carbonyl (C=O) groups excluding carboxylic acids is 2. The summed E-state index contributed by atoms with van der Waals surface area (Å²) >= 11 is 6.04. The van der Waals surface area contributed by atoms with Crippen molar-refractivity contribution in [2.24, 2.45) is 5.92 Å². The molecule has 0 spiro atoms. The van der Waals surface area contributed by atoms with Gasteiger partial charge >= 0.3 is 6.18 Å². The van der Waals surface area contributed by atoms with Crippen LogP contribution >= 0.6 is 11.6 Å². The number of alkyl halides is 3. The van der Waals surface area contributed by atoms with E-state index in [0.717, 1.165) is 24.2 Å². The lowest BCUT2D eigenvalue weighted by atomic mass is 9.95. The number of carbonyl (C=O) groups is 2. The molecule has 2 heterocycles. The predicted molar refractivity (Wildman–Crippen MR) is 120 cm³/mol. The number of nitrogens with one attached hydrogen (secondary N) is 2. The van der Waals surface area contributed by atoms with E-state index in [9.17, 15) is 22.8 Å². The highest BCUT2D eigenvalue weighted by molar-refractivity contribution is 6.33. The van der Waals surface area contributed by atoms with Gasteiger partial charge in [0.1, 0.15) is 5.82 Å². The number of nitrogens with zero attached hydrogens (tertiary/aromatic N) is 2. The second-order valence-electron chi connectivity index (χ2n) is 7.96. The van der Waals surface area contributed by atoms with Crippen LogP contribution in [0, 0.1) is 5.92 Å². The lowest BCUT2D eigenvalue weighted by molar-refractivity contribution is -0.137. The summed E-state index contributed by atoms with van der Waals surface area (Å²) in [6.45, 7) is 3.81. The third-order valence-electron chi connectivity index (χ3n) is 5.51. The SMILES string of the molecule is CCCNC(=O)c1cccc(CNC(=O)C2CCN(c3ncc(C(F)(F)F)cc3Cl)CC2)c1. The Bertz CT molecular complexity index is 992. The van der Waals surface area contributed by atoms with Crippen molar-refractivity contribution in [2.75, 3.05) is 24.5 Å². The molecule has 1 aliphatic rings. The zero-order valence-electron chi connectivity index (χ0n) is 18.2. The summed E-state index contributed by atoms with van der Waals surface area (Å²) in [5, 5.41) is 5.68. The van der Waals surface area contributed by atoms with Crippen LogP contribution in [-0.2, 0) is 17.5 Å². The van der Waals surface area contributed by atoms with Crippen molar-refractivity contribution < 1.29 is 22.8 Å². The molecule has 33 heavy (non-hydrogen) atoms. The Hall–Kier alpha value is -2.81. The Morgan fingerprint density at radius 2 is 1.91 bits per heavy atom. The zero-order chi connectivity index (χ0) is 24.0. The van der Waals surface area contributed by atoms with Crippen LogP contribution in [0.15, 0.2) is 36.5 Å². The molecule has 2 amide bonds. The zero-order valence-corrected chi connectivity index (χ0v) is 19.0. The lowest BCUT2D eigenvalue weighted by Crippen LogP contribution is -2.40. The largest absolute Gasteiger partial charge is 0.417 e. The molecule has 2 N–H and O–H groups in total. The van der Waals surface area contributed by atoms with E-state index >= 15 is 0 Å². The molecule has 10 heteroatoms. The van der Waals surface area contributed by atoms with E-state index in [0.29, 0.717) is 50.4 Å². The Balaban J connectivity index is 1.52. The summed E-state index contributed by atoms with van der Waals surface area (Å²) in [4.78, 5) is 30.4. The highest BCUT2D eigenvalue weighted by Crippen LogP contribution is 2.34. The fraction of sp³-hybridized carbons (Fsp3) is 0.435. The number of pyridine rings is 1. The first-order chi connectivity index (χ1) is 15.7. The molecule has 3 rings (SSSR count). The molecule has 6 nitrogen and oxygen atoms in total. The van der Waals surface area contributed by atoms with Gasteiger partial charge in [0, 0.05) is 43.9 Å². The van der Waals surface area contributed by atoms with E-state index in [1.165, 1.54) is 0 Å². The van der Waals surface area contributed by atoms with Crippen molar-refractivity contribution in [3.05, 3.63) is 58.2 Å². The first kappa shape index (κ1) is 24.8. The number of amides is 2. The molecule has 0 radical (unpaired) electrons. The summed E-state index contributed by atoms with van der Waals surface area (Å²) in [6.07, 6.45) is -1.81. The Morgan fingerprint density at radius 3 is 2.55 bits per heavy atom. The van der Waals surface area contributed by atoms with Crippen LogP contribution in [0.3, 0.4) is 0 Å². The van der Waals surface area contributed by atoms with Gasteiger partial charge in [-0.25, -0.2) is 4.98 Å². The number of aromatic nitrogens is 1. The molecule has 1 aliphatic heterocycles. The molecule has 1 aromatic heterocycles. The van der Waals surface area contributed by atoms with Crippen molar-refractivity contribution in [1.82, 2.24) is 15.6 Å². The van der Waals surface area contributed by atoms with E-state index in [1.54, 1.807) is 23.1 Å². The van der Waals surface area contributed by atoms with Crippen LogP contribution in [0.25, 0.3) is 0 Å². The van der Waals surface area contributed by atoms with Crippen LogP contribution in [0.5, 0.6) is 0 Å². The van der Waals surface area contributed by atoms with Gasteiger partial charge in [0.15, 0.2) is 0 Å². The first-order valence-corrected chi connectivity index (χ1v) is 11.2. The van der Waals surface area contributed by atoms with Gasteiger partial charge in [-0.15, -0.1) is 0 Å². The maximum atomic E-state index is 12.8. The number of rotatable bonds is 7. The fourth-order valence-electron chi connectivity index (χ4n) is 3.67. The summed E-state index contributed by atoms with van der Waals surface area (Å²) in [7, 11) is 0. The minimum absolute atomic E-state index is 0.0596. The maximum Gasteiger partial charge on any atom is 0.417 e. The van der Waals surface area contributed by atoms with Crippen LogP contribution in [0.4, 0.5) is 19.0 Å². The highest BCUT2D eigenvalue weighted by atomic mass is 35.5. The van der Waals surface area contributed by atoms with E-state index in [-0.39, 0.29) is 22.8 Å². The molecule has 2 aromatic rings. The van der Waals surface area contributed by atoms with Crippen LogP contribution < -0.4 is 15.5 Å². The molecular formula is C23H26ClF3N4O2. The average Bonchev–Trinajstić information content (AvgIpc) is 2.80. The van der Waals surface area contributed by atoms with Crippen molar-refractivity contribution in [3.63, 3.8) is 0 Å². The van der Waals surface area contributed by atoms with E-state index in [2.05, 4.69) is 15.6 Å². The van der Waals surface area contributed by atoms with Gasteiger partial charge in [0.2, 0.25) is 5.91 Å². The number of piperidine rings is 1. The topological polar surface area (TPSA) is 74.3 Å². The van der Waals surface area contributed by atoms with Gasteiger partial charge in [0.25, 0.3) is 5.91 Å². The highest BCUT2D eigenvalue weighted by Gasteiger charge is 2.33. The number of benzene rings is 1. The van der Waals surface area contributed by atoms with Gasteiger partial charge in [-0.1, -0.05) is 30.7 Å². The summed E-state index contributed by atoms with van der Waals surface area (Å²) in [6, 6.07) is 7.98. The van der Waals surface area contributed by atoms with Crippen molar-refractivity contribution in [2.45, 2.75) is 38.9 Å². The standard InChI is InChI=1S/C23H26ClF3N4O2/c1-2-8-28-22(33)17-5-3-4-15(11-17)13-30-21(32)16-6-9-31(10-7-16)20-19(24)12-18(14-29-20)23(25,26)27/h3-5,11-12,14,16H,2,6-10,13H2,1H3,(H,28,33)(H,30,32). The van der Waals surface area contributed by atoms with E-state index in [1.807, 2.05) is 13.0 Å². The fourth-order valence-corrected chi connectivity index (χ4v) is 3.95. The molecule has 0 atom stereocenters. The lowest BCUT2D eigenvalue weighted by Gasteiger charge is -2.32. The molecule has 1 saturated heterocycles. The second kappa shape index (κ2) is 10.9. The first-order valence-electron chi connectivity index (χ1n) is 10.8. The monoisotopic (exact) mass is 482 g/mol. The van der Waals surface area contributed by atoms with Gasteiger partial charge in [-0.05, 0) is 43.0 Å². The van der Waals surface area contributed by atoms with Crippen molar-refractivity contribution in [1.29, 1.82) is 0 Å². The van der Waals surface area contributed by atoms with Gasteiger partial charge in [-0.2, -0.15) is 13.2 Å². The van der Waals surface area contributed by atoms with Gasteiger partial charge < -0.3 is 15.5 Å². The Morgan fingerprint density at radius 1 is 1.18 bits per heavy atom. The minimum Gasteiger partial charge on any atom is -0.355 e. The minimum atomic E-state index is -4.50. The molecule has 0 aliphatic carbocycles. The third-order valence-corrected chi connectivity index (χ3v) is 5.78. The number of halogens is 4. The van der Waals surface area contributed by atoms with Crippen molar-refractivity contribution >= 4 is 29.2 Å². The summed E-state index contributed by atoms with van der Waals surface area (Å²) in [5.74, 6) is -0.165. The van der Waals surface area contributed by atoms with Crippen LogP contribution in [0.1, 0.15) is 47.7 Å². The quantitative estimate of drug-likeness (QED) is 0.612. The second-order valence-corrected chi connectivity index (χ2v) is 8.37. The third kappa shape index (κ3) is 6.60. The van der Waals surface area contributed by atoms with Gasteiger partial charge in [0.05, 0.1) is 10.6 Å². The molecule has 0 unspecified atom stereocenters. The van der Waals surface area contributed by atoms with Crippen LogP contribution in [-0.4, -0.2) is 36.4 Å². The number of hydrogen-bond donors (Lipinski definition) is 2. The average molecular weight is 483 g/mol. The Labute approximate surface area is 195 Å². The molecule has 178 valence electrons. The smallest absolute Gasteiger partial charge is 0.355 e. The molecule has 1 fully saturated rings. The number of anilines is 1. The van der Waals surface area contributed by atoms with Gasteiger partial charge in [-0.3, -0.25) is 9.59 Å². The normalized spacial score (nSPS) is 14.8. The van der Waals surface area contributed by atoms with Crippen LogP contribution in [0.2, 0.25) is 5.02 Å². The molecular weight excluding hydrogens is 457 g/mol. The summed E-state index contributed by atoms with van der Waals surface area (Å²) < 4.78 is 38.4. The molecule has 0 saturated carbocycles. The molecule has 1 aromatic carbocycles. The van der Waals surface area contributed by atoms with E-state index < -0.39 is 11.7 Å². The predicted octanol–water partition coefficient (Wildman–Crippen LogP) is 4.43. The summed E-state index contributed by atoms with van der Waals surface area (Å²) in [5.41, 5.74) is 0.479. The van der Waals surface area contributed by atoms with E-state index in [4.69, 9.17) is 11.6 Å². The Kier molecular flexibility index (Phi) is 8.18.